The minimum absolute atomic E-state index is 0.0919. The van der Waals surface area contributed by atoms with Crippen molar-refractivity contribution in [2.75, 3.05) is 19.0 Å². The van der Waals surface area contributed by atoms with E-state index in [-0.39, 0.29) is 12.2 Å². The Balaban J connectivity index is 2.14. The van der Waals surface area contributed by atoms with Crippen molar-refractivity contribution in [2.24, 2.45) is 0 Å². The van der Waals surface area contributed by atoms with Crippen LogP contribution in [0.1, 0.15) is 22.8 Å². The number of methoxy groups -OCH3 is 1. The highest BCUT2D eigenvalue weighted by Gasteiger charge is 2.11. The number of ether oxygens (including phenoxy) is 2. The summed E-state index contributed by atoms with van der Waals surface area (Å²) in [4.78, 5) is 24.0. The van der Waals surface area contributed by atoms with Crippen molar-refractivity contribution in [3.05, 3.63) is 64.2 Å². The van der Waals surface area contributed by atoms with Crippen LogP contribution in [0.4, 0.5) is 5.69 Å². The van der Waals surface area contributed by atoms with Crippen LogP contribution in [0.5, 0.6) is 5.75 Å². The number of carbonyl (C=O) groups is 2. The Kier molecular flexibility index (Phi) is 6.98. The largest absolute Gasteiger partial charge is 0.495 e. The SMILES string of the molecule is CCOC(=O)c1ccc(NC(=O)C(C#N)=Cc2ccc(OC)c(Cl)c2)cc1. The third-order valence-corrected chi connectivity index (χ3v) is 3.80. The molecule has 1 amide bonds. The third-order valence-electron chi connectivity index (χ3n) is 3.51. The lowest BCUT2D eigenvalue weighted by Gasteiger charge is -2.07. The number of hydrogen-bond acceptors (Lipinski definition) is 5. The second-order valence-electron chi connectivity index (χ2n) is 5.32. The van der Waals surface area contributed by atoms with Gasteiger partial charge in [-0.2, -0.15) is 5.26 Å². The molecule has 0 bridgehead atoms. The first-order valence-electron chi connectivity index (χ1n) is 8.02. The number of nitrogens with zero attached hydrogens (tertiary/aromatic N) is 1. The summed E-state index contributed by atoms with van der Waals surface area (Å²) in [7, 11) is 1.50. The molecule has 0 spiro atoms. The predicted molar refractivity (Wildman–Crippen MR) is 103 cm³/mol. The Morgan fingerprint density at radius 2 is 1.93 bits per heavy atom. The van der Waals surface area contributed by atoms with Crippen molar-refractivity contribution in [2.45, 2.75) is 6.92 Å². The Bertz CT molecular complexity index is 915. The summed E-state index contributed by atoms with van der Waals surface area (Å²) in [5.74, 6) is -0.517. The summed E-state index contributed by atoms with van der Waals surface area (Å²) in [5.41, 5.74) is 1.32. The van der Waals surface area contributed by atoms with Crippen molar-refractivity contribution in [3.63, 3.8) is 0 Å². The fraction of sp³-hybridized carbons (Fsp3) is 0.150. The molecular formula is C20H17ClN2O4. The molecule has 7 heteroatoms. The van der Waals surface area contributed by atoms with Gasteiger partial charge < -0.3 is 14.8 Å². The summed E-state index contributed by atoms with van der Waals surface area (Å²) in [6, 6.07) is 13.0. The van der Waals surface area contributed by atoms with Crippen LogP contribution in [0.3, 0.4) is 0 Å². The second kappa shape index (κ2) is 9.41. The molecule has 2 aromatic carbocycles. The van der Waals surface area contributed by atoms with Gasteiger partial charge in [0.1, 0.15) is 17.4 Å². The van der Waals surface area contributed by atoms with Gasteiger partial charge in [-0.05, 0) is 55.0 Å². The number of carbonyl (C=O) groups excluding carboxylic acids is 2. The Morgan fingerprint density at radius 1 is 1.22 bits per heavy atom. The van der Waals surface area contributed by atoms with Gasteiger partial charge in [0.15, 0.2) is 0 Å². The highest BCUT2D eigenvalue weighted by molar-refractivity contribution is 6.32. The maximum absolute atomic E-state index is 12.3. The zero-order valence-corrected chi connectivity index (χ0v) is 15.5. The molecule has 0 aliphatic heterocycles. The lowest BCUT2D eigenvalue weighted by atomic mass is 10.1. The smallest absolute Gasteiger partial charge is 0.338 e. The fourth-order valence-electron chi connectivity index (χ4n) is 2.19. The zero-order valence-electron chi connectivity index (χ0n) is 14.8. The standard InChI is InChI=1S/C20H17ClN2O4/c1-3-27-20(25)14-5-7-16(8-6-14)23-19(24)15(12-22)10-13-4-9-18(26-2)17(21)11-13/h4-11H,3H2,1-2H3,(H,23,24). The lowest BCUT2D eigenvalue weighted by molar-refractivity contribution is -0.112. The molecule has 0 atom stereocenters. The first-order chi connectivity index (χ1) is 13.0. The minimum Gasteiger partial charge on any atom is -0.495 e. The molecule has 2 aromatic rings. The number of nitriles is 1. The van der Waals surface area contributed by atoms with E-state index in [1.54, 1.807) is 37.3 Å². The Labute approximate surface area is 162 Å². The molecule has 138 valence electrons. The number of amides is 1. The van der Waals surface area contributed by atoms with E-state index in [1.807, 2.05) is 6.07 Å². The highest BCUT2D eigenvalue weighted by Crippen LogP contribution is 2.26. The van der Waals surface area contributed by atoms with Crippen LogP contribution >= 0.6 is 11.6 Å². The molecule has 2 rings (SSSR count). The van der Waals surface area contributed by atoms with Crippen molar-refractivity contribution in [1.82, 2.24) is 0 Å². The van der Waals surface area contributed by atoms with Gasteiger partial charge in [0.25, 0.3) is 5.91 Å². The van der Waals surface area contributed by atoms with E-state index < -0.39 is 11.9 Å². The minimum atomic E-state index is -0.576. The number of benzene rings is 2. The monoisotopic (exact) mass is 384 g/mol. The van der Waals surface area contributed by atoms with Gasteiger partial charge in [-0.3, -0.25) is 4.79 Å². The summed E-state index contributed by atoms with van der Waals surface area (Å²) in [6.07, 6.45) is 1.42. The van der Waals surface area contributed by atoms with Crippen LogP contribution < -0.4 is 10.1 Å². The van der Waals surface area contributed by atoms with Crippen LogP contribution in [0.15, 0.2) is 48.0 Å². The number of halogens is 1. The van der Waals surface area contributed by atoms with Gasteiger partial charge in [-0.15, -0.1) is 0 Å². The molecule has 27 heavy (non-hydrogen) atoms. The molecule has 0 aliphatic rings. The molecule has 1 N–H and O–H groups in total. The Hall–Kier alpha value is -3.30. The summed E-state index contributed by atoms with van der Waals surface area (Å²) in [5, 5.41) is 12.3. The normalized spacial score (nSPS) is 10.7. The molecule has 0 heterocycles. The van der Waals surface area contributed by atoms with Crippen LogP contribution in [0.25, 0.3) is 6.08 Å². The van der Waals surface area contributed by atoms with Crippen LogP contribution in [-0.4, -0.2) is 25.6 Å². The van der Waals surface area contributed by atoms with Crippen molar-refractivity contribution < 1.29 is 19.1 Å². The molecule has 0 unspecified atom stereocenters. The first kappa shape index (κ1) is 20.0. The first-order valence-corrected chi connectivity index (χ1v) is 8.40. The van der Waals surface area contributed by atoms with Crippen molar-refractivity contribution in [1.29, 1.82) is 5.26 Å². The molecule has 0 aromatic heterocycles. The van der Waals surface area contributed by atoms with Crippen LogP contribution in [0.2, 0.25) is 5.02 Å². The van der Waals surface area contributed by atoms with E-state index in [2.05, 4.69) is 5.32 Å². The second-order valence-corrected chi connectivity index (χ2v) is 5.72. The zero-order chi connectivity index (χ0) is 19.8. The molecular weight excluding hydrogens is 368 g/mol. The van der Waals surface area contributed by atoms with E-state index >= 15 is 0 Å². The fourth-order valence-corrected chi connectivity index (χ4v) is 2.46. The number of rotatable bonds is 6. The number of esters is 1. The van der Waals surface area contributed by atoms with Gasteiger partial charge in [-0.1, -0.05) is 17.7 Å². The highest BCUT2D eigenvalue weighted by atomic mass is 35.5. The average Bonchev–Trinajstić information content (AvgIpc) is 2.67. The summed E-state index contributed by atoms with van der Waals surface area (Å²) >= 11 is 6.05. The van der Waals surface area contributed by atoms with Crippen LogP contribution in [-0.2, 0) is 9.53 Å². The maximum Gasteiger partial charge on any atom is 0.338 e. The van der Waals surface area contributed by atoms with E-state index in [4.69, 9.17) is 21.1 Å². The van der Waals surface area contributed by atoms with E-state index in [0.29, 0.717) is 27.6 Å². The van der Waals surface area contributed by atoms with Crippen molar-refractivity contribution in [3.8, 4) is 11.8 Å². The summed E-state index contributed by atoms with van der Waals surface area (Å²) < 4.78 is 9.97. The predicted octanol–water partition coefficient (Wildman–Crippen LogP) is 4.07. The molecule has 0 fully saturated rings. The van der Waals surface area contributed by atoms with E-state index in [0.717, 1.165) is 0 Å². The van der Waals surface area contributed by atoms with E-state index in [9.17, 15) is 14.9 Å². The van der Waals surface area contributed by atoms with Crippen molar-refractivity contribution >= 4 is 35.2 Å². The number of anilines is 1. The molecule has 6 nitrogen and oxygen atoms in total. The number of nitrogens with one attached hydrogen (secondary N) is 1. The van der Waals surface area contributed by atoms with Gasteiger partial charge in [0, 0.05) is 5.69 Å². The van der Waals surface area contributed by atoms with E-state index in [1.165, 1.54) is 25.3 Å². The topological polar surface area (TPSA) is 88.4 Å². The van der Waals surface area contributed by atoms with Gasteiger partial charge in [0.2, 0.25) is 0 Å². The quantitative estimate of drug-likeness (QED) is 0.460. The molecule has 0 aliphatic carbocycles. The maximum atomic E-state index is 12.3. The molecule has 0 saturated carbocycles. The average molecular weight is 385 g/mol. The lowest BCUT2D eigenvalue weighted by Crippen LogP contribution is -2.13. The van der Waals surface area contributed by atoms with Crippen LogP contribution in [0, 0.1) is 11.3 Å². The third kappa shape index (κ3) is 5.33. The van der Waals surface area contributed by atoms with Gasteiger partial charge >= 0.3 is 5.97 Å². The summed E-state index contributed by atoms with van der Waals surface area (Å²) in [6.45, 7) is 2.00. The molecule has 0 saturated heterocycles. The Morgan fingerprint density at radius 3 is 2.48 bits per heavy atom. The molecule has 0 radical (unpaired) electrons. The van der Waals surface area contributed by atoms with Gasteiger partial charge in [0.05, 0.1) is 24.3 Å². The van der Waals surface area contributed by atoms with Gasteiger partial charge in [-0.25, -0.2) is 4.79 Å². The number of hydrogen-bond donors (Lipinski definition) is 1.